The lowest BCUT2D eigenvalue weighted by molar-refractivity contribution is 0.0983. The van der Waals surface area contributed by atoms with Crippen LogP contribution in [-0.2, 0) is 6.42 Å². The molecule has 0 bridgehead atoms. The Bertz CT molecular complexity index is 869. The summed E-state index contributed by atoms with van der Waals surface area (Å²) in [6, 6.07) is 11.5. The second kappa shape index (κ2) is 5.31. The van der Waals surface area contributed by atoms with Crippen molar-refractivity contribution >= 4 is 11.6 Å². The number of benzene rings is 1. The van der Waals surface area contributed by atoms with Crippen LogP contribution in [0.3, 0.4) is 0 Å². The summed E-state index contributed by atoms with van der Waals surface area (Å²) in [5.74, 6) is 1.36. The SMILES string of the molecule is Cc1nccn1-c1ccc(C(=O)N2CCc3ccccc32)nn1. The maximum atomic E-state index is 12.7. The maximum absolute atomic E-state index is 12.7. The highest BCUT2D eigenvalue weighted by Crippen LogP contribution is 2.28. The van der Waals surface area contributed by atoms with Gasteiger partial charge >= 0.3 is 0 Å². The van der Waals surface area contributed by atoms with E-state index in [1.807, 2.05) is 35.9 Å². The van der Waals surface area contributed by atoms with Gasteiger partial charge in [-0.2, -0.15) is 0 Å². The fourth-order valence-electron chi connectivity index (χ4n) is 2.88. The molecule has 6 heteroatoms. The first kappa shape index (κ1) is 13.6. The molecule has 0 aliphatic carbocycles. The van der Waals surface area contributed by atoms with Crippen LogP contribution in [0.25, 0.3) is 5.82 Å². The molecule has 1 aromatic carbocycles. The highest BCUT2D eigenvalue weighted by molar-refractivity contribution is 6.05. The lowest BCUT2D eigenvalue weighted by Gasteiger charge is -2.16. The minimum absolute atomic E-state index is 0.114. The predicted molar refractivity (Wildman–Crippen MR) is 85.7 cm³/mol. The van der Waals surface area contributed by atoms with E-state index in [2.05, 4.69) is 21.2 Å². The Balaban J connectivity index is 1.62. The van der Waals surface area contributed by atoms with Crippen LogP contribution in [0.1, 0.15) is 21.9 Å². The molecule has 4 rings (SSSR count). The first-order valence-electron chi connectivity index (χ1n) is 7.48. The standard InChI is InChI=1S/C17H15N5O/c1-12-18-9-11-21(12)16-7-6-14(19-20-16)17(23)22-10-8-13-4-2-3-5-15(13)22/h2-7,9,11H,8,10H2,1H3. The van der Waals surface area contributed by atoms with Crippen LogP contribution in [0.15, 0.2) is 48.8 Å². The van der Waals surface area contributed by atoms with Gasteiger partial charge in [0.25, 0.3) is 5.91 Å². The van der Waals surface area contributed by atoms with Crippen molar-refractivity contribution in [1.29, 1.82) is 0 Å². The Morgan fingerprint density at radius 2 is 2.00 bits per heavy atom. The highest BCUT2D eigenvalue weighted by Gasteiger charge is 2.26. The zero-order valence-corrected chi connectivity index (χ0v) is 12.7. The van der Waals surface area contributed by atoms with Crippen LogP contribution in [-0.4, -0.2) is 32.2 Å². The van der Waals surface area contributed by atoms with E-state index in [4.69, 9.17) is 0 Å². The van der Waals surface area contributed by atoms with Gasteiger partial charge in [-0.3, -0.25) is 9.36 Å². The van der Waals surface area contributed by atoms with Crippen molar-refractivity contribution in [3.8, 4) is 5.82 Å². The van der Waals surface area contributed by atoms with Crippen molar-refractivity contribution in [2.24, 2.45) is 0 Å². The van der Waals surface area contributed by atoms with Gasteiger partial charge in [-0.05, 0) is 37.1 Å². The number of imidazole rings is 1. The van der Waals surface area contributed by atoms with Gasteiger partial charge in [0, 0.05) is 24.6 Å². The molecule has 0 saturated heterocycles. The Labute approximate surface area is 133 Å². The van der Waals surface area contributed by atoms with E-state index in [9.17, 15) is 4.79 Å². The Kier molecular flexibility index (Phi) is 3.15. The molecule has 0 radical (unpaired) electrons. The summed E-state index contributed by atoms with van der Waals surface area (Å²) in [6.45, 7) is 2.57. The minimum Gasteiger partial charge on any atom is -0.306 e. The third-order valence-corrected chi connectivity index (χ3v) is 4.07. The number of para-hydroxylation sites is 1. The van der Waals surface area contributed by atoms with E-state index < -0.39 is 0 Å². The van der Waals surface area contributed by atoms with E-state index in [1.54, 1.807) is 23.2 Å². The molecule has 0 unspecified atom stereocenters. The molecule has 2 aromatic heterocycles. The highest BCUT2D eigenvalue weighted by atomic mass is 16.2. The van der Waals surface area contributed by atoms with Crippen molar-refractivity contribution < 1.29 is 4.79 Å². The minimum atomic E-state index is -0.114. The average Bonchev–Trinajstić information content (AvgIpc) is 3.20. The number of hydrogen-bond donors (Lipinski definition) is 0. The molecule has 0 N–H and O–H groups in total. The second-order valence-corrected chi connectivity index (χ2v) is 5.46. The molecule has 1 aliphatic rings. The van der Waals surface area contributed by atoms with Gasteiger partial charge in [-0.15, -0.1) is 10.2 Å². The van der Waals surface area contributed by atoms with Crippen LogP contribution in [0.5, 0.6) is 0 Å². The van der Waals surface area contributed by atoms with Crippen LogP contribution in [0, 0.1) is 6.92 Å². The van der Waals surface area contributed by atoms with E-state index in [1.165, 1.54) is 5.56 Å². The molecule has 6 nitrogen and oxygen atoms in total. The number of anilines is 1. The Morgan fingerprint density at radius 3 is 2.74 bits per heavy atom. The number of amides is 1. The fraction of sp³-hybridized carbons (Fsp3) is 0.176. The zero-order chi connectivity index (χ0) is 15.8. The summed E-state index contributed by atoms with van der Waals surface area (Å²) in [5, 5.41) is 8.26. The Morgan fingerprint density at radius 1 is 1.13 bits per heavy atom. The molecular formula is C17H15N5O. The topological polar surface area (TPSA) is 63.9 Å². The molecule has 0 atom stereocenters. The molecule has 1 amide bonds. The number of hydrogen-bond acceptors (Lipinski definition) is 4. The summed E-state index contributed by atoms with van der Waals surface area (Å²) in [4.78, 5) is 18.6. The molecule has 114 valence electrons. The second-order valence-electron chi connectivity index (χ2n) is 5.46. The average molecular weight is 305 g/mol. The van der Waals surface area contributed by atoms with Crippen molar-refractivity contribution in [3.63, 3.8) is 0 Å². The van der Waals surface area contributed by atoms with Gasteiger partial charge < -0.3 is 4.90 Å². The summed E-state index contributed by atoms with van der Waals surface area (Å²) in [5.41, 5.74) is 2.51. The lowest BCUT2D eigenvalue weighted by atomic mass is 10.2. The number of aromatic nitrogens is 4. The molecule has 0 saturated carbocycles. The molecule has 23 heavy (non-hydrogen) atoms. The number of rotatable bonds is 2. The first-order chi connectivity index (χ1) is 11.2. The number of carbonyl (C=O) groups is 1. The smallest absolute Gasteiger partial charge is 0.278 e. The largest absolute Gasteiger partial charge is 0.306 e. The molecule has 3 aromatic rings. The van der Waals surface area contributed by atoms with Gasteiger partial charge in [0.2, 0.25) is 0 Å². The van der Waals surface area contributed by atoms with Crippen LogP contribution >= 0.6 is 0 Å². The van der Waals surface area contributed by atoms with Gasteiger partial charge in [0.15, 0.2) is 11.5 Å². The zero-order valence-electron chi connectivity index (χ0n) is 12.7. The van der Waals surface area contributed by atoms with Crippen molar-refractivity contribution in [1.82, 2.24) is 19.7 Å². The first-order valence-corrected chi connectivity index (χ1v) is 7.48. The number of fused-ring (bicyclic) bond motifs is 1. The monoisotopic (exact) mass is 305 g/mol. The van der Waals surface area contributed by atoms with E-state index >= 15 is 0 Å². The van der Waals surface area contributed by atoms with Gasteiger partial charge in [0.05, 0.1) is 0 Å². The van der Waals surface area contributed by atoms with Crippen molar-refractivity contribution in [2.75, 3.05) is 11.4 Å². The van der Waals surface area contributed by atoms with Crippen LogP contribution < -0.4 is 4.90 Å². The van der Waals surface area contributed by atoms with E-state index in [0.29, 0.717) is 18.1 Å². The molecular weight excluding hydrogens is 290 g/mol. The normalized spacial score (nSPS) is 13.2. The summed E-state index contributed by atoms with van der Waals surface area (Å²) < 4.78 is 1.83. The molecule has 3 heterocycles. The van der Waals surface area contributed by atoms with Crippen LogP contribution in [0.4, 0.5) is 5.69 Å². The van der Waals surface area contributed by atoms with Gasteiger partial charge in [-0.1, -0.05) is 18.2 Å². The number of nitrogens with zero attached hydrogens (tertiary/aromatic N) is 5. The van der Waals surface area contributed by atoms with Crippen molar-refractivity contribution in [2.45, 2.75) is 13.3 Å². The summed E-state index contributed by atoms with van der Waals surface area (Å²) in [6.07, 6.45) is 4.40. The maximum Gasteiger partial charge on any atom is 0.278 e. The summed E-state index contributed by atoms with van der Waals surface area (Å²) >= 11 is 0. The molecule has 0 fully saturated rings. The summed E-state index contributed by atoms with van der Waals surface area (Å²) in [7, 11) is 0. The van der Waals surface area contributed by atoms with Crippen LogP contribution in [0.2, 0.25) is 0 Å². The van der Waals surface area contributed by atoms with E-state index in [-0.39, 0.29) is 5.91 Å². The predicted octanol–water partition coefficient (Wildman–Crippen LogP) is 2.17. The van der Waals surface area contributed by atoms with Gasteiger partial charge in [-0.25, -0.2) is 4.98 Å². The third kappa shape index (κ3) is 2.28. The quantitative estimate of drug-likeness (QED) is 0.728. The Hall–Kier alpha value is -3.02. The number of aryl methyl sites for hydroxylation is 1. The van der Waals surface area contributed by atoms with E-state index in [0.717, 1.165) is 17.9 Å². The lowest BCUT2D eigenvalue weighted by Crippen LogP contribution is -2.29. The number of carbonyl (C=O) groups excluding carboxylic acids is 1. The third-order valence-electron chi connectivity index (χ3n) is 4.07. The van der Waals surface area contributed by atoms with Crippen molar-refractivity contribution in [3.05, 3.63) is 65.9 Å². The molecule has 1 aliphatic heterocycles. The van der Waals surface area contributed by atoms with Gasteiger partial charge in [0.1, 0.15) is 5.82 Å². The fourth-order valence-corrected chi connectivity index (χ4v) is 2.88. The molecule has 0 spiro atoms.